The molecule has 6 heteroatoms. The summed E-state index contributed by atoms with van der Waals surface area (Å²) in [5, 5.41) is 18.2. The fourth-order valence-corrected chi connectivity index (χ4v) is 1.98. The van der Waals surface area contributed by atoms with Gasteiger partial charge in [-0.1, -0.05) is 43.7 Å². The second kappa shape index (κ2) is 6.69. The average Bonchev–Trinajstić information content (AvgIpc) is 2.97. The Bertz CT molecular complexity index is 622. The fourth-order valence-electron chi connectivity index (χ4n) is 1.98. The van der Waals surface area contributed by atoms with Gasteiger partial charge in [0.15, 0.2) is 0 Å². The highest BCUT2D eigenvalue weighted by Crippen LogP contribution is 2.16. The highest BCUT2D eigenvalue weighted by atomic mass is 16.4. The molecule has 0 aliphatic rings. The number of aromatic nitrogens is 2. The second-order valence-corrected chi connectivity index (χ2v) is 4.69. The summed E-state index contributed by atoms with van der Waals surface area (Å²) in [6.45, 7) is 1.87. The summed E-state index contributed by atoms with van der Waals surface area (Å²) in [7, 11) is 0. The number of hydrogen-bond donors (Lipinski definition) is 3. The van der Waals surface area contributed by atoms with Crippen molar-refractivity contribution in [2.75, 3.05) is 0 Å². The first-order valence-electron chi connectivity index (χ1n) is 6.76. The molecule has 0 unspecified atom stereocenters. The average molecular weight is 287 g/mol. The summed E-state index contributed by atoms with van der Waals surface area (Å²) in [4.78, 5) is 23.1. The van der Waals surface area contributed by atoms with Crippen LogP contribution < -0.4 is 5.32 Å². The number of benzene rings is 1. The Morgan fingerprint density at radius 2 is 2.05 bits per heavy atom. The van der Waals surface area contributed by atoms with Crippen molar-refractivity contribution in [3.05, 3.63) is 42.1 Å². The van der Waals surface area contributed by atoms with Crippen molar-refractivity contribution in [2.45, 2.75) is 25.8 Å². The topological polar surface area (TPSA) is 95.1 Å². The highest BCUT2D eigenvalue weighted by Gasteiger charge is 2.20. The number of H-pyrrole nitrogens is 1. The number of carboxylic acid groups (broad SMARTS) is 1. The zero-order chi connectivity index (χ0) is 15.2. The Balaban J connectivity index is 2.10. The van der Waals surface area contributed by atoms with Crippen molar-refractivity contribution in [3.8, 4) is 11.3 Å². The molecular weight excluding hydrogens is 270 g/mol. The van der Waals surface area contributed by atoms with E-state index in [2.05, 4.69) is 15.5 Å². The SMILES string of the molecule is CCC[C@H](NC(=O)c1cc(-c2ccccc2)n[nH]1)C(=O)O. The van der Waals surface area contributed by atoms with Crippen molar-refractivity contribution in [1.29, 1.82) is 0 Å². The number of nitrogens with one attached hydrogen (secondary N) is 2. The molecule has 1 atom stereocenters. The Morgan fingerprint density at radius 1 is 1.33 bits per heavy atom. The molecule has 1 aromatic heterocycles. The molecule has 6 nitrogen and oxygen atoms in total. The van der Waals surface area contributed by atoms with Crippen molar-refractivity contribution in [1.82, 2.24) is 15.5 Å². The number of carbonyl (C=O) groups excluding carboxylic acids is 1. The predicted molar refractivity (Wildman–Crippen MR) is 77.8 cm³/mol. The maximum absolute atomic E-state index is 12.0. The van der Waals surface area contributed by atoms with Crippen LogP contribution in [0.5, 0.6) is 0 Å². The van der Waals surface area contributed by atoms with Gasteiger partial charge < -0.3 is 10.4 Å². The Morgan fingerprint density at radius 3 is 2.67 bits per heavy atom. The van der Waals surface area contributed by atoms with Gasteiger partial charge in [-0.3, -0.25) is 9.89 Å². The van der Waals surface area contributed by atoms with Gasteiger partial charge in [0.05, 0.1) is 5.69 Å². The maximum Gasteiger partial charge on any atom is 0.326 e. The molecule has 1 amide bonds. The van der Waals surface area contributed by atoms with Gasteiger partial charge in [-0.2, -0.15) is 5.10 Å². The summed E-state index contributed by atoms with van der Waals surface area (Å²) < 4.78 is 0. The molecule has 0 aliphatic heterocycles. The molecular formula is C15H17N3O3. The first-order valence-corrected chi connectivity index (χ1v) is 6.76. The summed E-state index contributed by atoms with van der Waals surface area (Å²) in [6, 6.07) is 10.1. The van der Waals surface area contributed by atoms with E-state index < -0.39 is 17.9 Å². The zero-order valence-electron chi connectivity index (χ0n) is 11.7. The van der Waals surface area contributed by atoms with Crippen LogP contribution in [-0.2, 0) is 4.79 Å². The molecule has 0 fully saturated rings. The van der Waals surface area contributed by atoms with Crippen LogP contribution in [0.25, 0.3) is 11.3 Å². The maximum atomic E-state index is 12.0. The van der Waals surface area contributed by atoms with Crippen LogP contribution in [0.3, 0.4) is 0 Å². The minimum absolute atomic E-state index is 0.246. The standard InChI is InChI=1S/C15H17N3O3/c1-2-6-11(15(20)21)16-14(19)13-9-12(17-18-13)10-7-4-3-5-8-10/h3-5,7-9,11H,2,6H2,1H3,(H,16,19)(H,17,18)(H,20,21)/t11-/m0/s1. The van der Waals surface area contributed by atoms with Gasteiger partial charge >= 0.3 is 5.97 Å². The van der Waals surface area contributed by atoms with E-state index in [1.807, 2.05) is 37.3 Å². The third-order valence-electron chi connectivity index (χ3n) is 3.07. The van der Waals surface area contributed by atoms with E-state index >= 15 is 0 Å². The fraction of sp³-hybridized carbons (Fsp3) is 0.267. The largest absolute Gasteiger partial charge is 0.480 e. The summed E-state index contributed by atoms with van der Waals surface area (Å²) in [5.74, 6) is -1.50. The third-order valence-corrected chi connectivity index (χ3v) is 3.07. The number of nitrogens with zero attached hydrogens (tertiary/aromatic N) is 1. The highest BCUT2D eigenvalue weighted by molar-refractivity contribution is 5.95. The molecule has 0 saturated carbocycles. The molecule has 2 aromatic rings. The Kier molecular flexibility index (Phi) is 4.71. The molecule has 21 heavy (non-hydrogen) atoms. The molecule has 0 saturated heterocycles. The summed E-state index contributed by atoms with van der Waals surface area (Å²) in [5.41, 5.74) is 1.77. The van der Waals surface area contributed by atoms with Gasteiger partial charge in [-0.05, 0) is 12.5 Å². The number of aliphatic carboxylic acids is 1. The Labute approximate surface area is 122 Å². The van der Waals surface area contributed by atoms with Crippen molar-refractivity contribution < 1.29 is 14.7 Å². The summed E-state index contributed by atoms with van der Waals surface area (Å²) in [6.07, 6.45) is 1.07. The molecule has 110 valence electrons. The van der Waals surface area contributed by atoms with E-state index in [4.69, 9.17) is 5.11 Å². The lowest BCUT2D eigenvalue weighted by molar-refractivity contribution is -0.139. The number of hydrogen-bond acceptors (Lipinski definition) is 3. The molecule has 3 N–H and O–H groups in total. The van der Waals surface area contributed by atoms with Crippen LogP contribution in [-0.4, -0.2) is 33.2 Å². The number of carbonyl (C=O) groups is 2. The molecule has 1 heterocycles. The van der Waals surface area contributed by atoms with Crippen LogP contribution in [0.2, 0.25) is 0 Å². The molecule has 2 rings (SSSR count). The van der Waals surface area contributed by atoms with Crippen LogP contribution in [0.1, 0.15) is 30.3 Å². The van der Waals surface area contributed by atoms with E-state index in [-0.39, 0.29) is 5.69 Å². The Hall–Kier alpha value is -2.63. The lowest BCUT2D eigenvalue weighted by Gasteiger charge is -2.12. The van der Waals surface area contributed by atoms with Gasteiger partial charge in [-0.15, -0.1) is 0 Å². The monoisotopic (exact) mass is 287 g/mol. The number of rotatable bonds is 6. The number of aromatic amines is 1. The van der Waals surface area contributed by atoms with Gasteiger partial charge in [0.2, 0.25) is 0 Å². The minimum atomic E-state index is -1.03. The second-order valence-electron chi connectivity index (χ2n) is 4.69. The molecule has 0 spiro atoms. The van der Waals surface area contributed by atoms with E-state index in [9.17, 15) is 9.59 Å². The minimum Gasteiger partial charge on any atom is -0.480 e. The first-order chi connectivity index (χ1) is 10.1. The molecule has 0 aliphatic carbocycles. The molecule has 0 radical (unpaired) electrons. The van der Waals surface area contributed by atoms with Crippen LogP contribution >= 0.6 is 0 Å². The van der Waals surface area contributed by atoms with E-state index in [0.29, 0.717) is 18.5 Å². The van der Waals surface area contributed by atoms with Gasteiger partial charge in [0, 0.05) is 5.56 Å². The van der Waals surface area contributed by atoms with E-state index in [0.717, 1.165) is 5.56 Å². The van der Waals surface area contributed by atoms with Crippen molar-refractivity contribution in [2.24, 2.45) is 0 Å². The predicted octanol–water partition coefficient (Wildman–Crippen LogP) is 2.06. The van der Waals surface area contributed by atoms with Crippen LogP contribution in [0.15, 0.2) is 36.4 Å². The van der Waals surface area contributed by atoms with Gasteiger partial charge in [0.1, 0.15) is 11.7 Å². The van der Waals surface area contributed by atoms with Crippen LogP contribution in [0.4, 0.5) is 0 Å². The van der Waals surface area contributed by atoms with Crippen molar-refractivity contribution in [3.63, 3.8) is 0 Å². The van der Waals surface area contributed by atoms with Crippen LogP contribution in [0, 0.1) is 0 Å². The third kappa shape index (κ3) is 3.68. The molecule has 1 aromatic carbocycles. The van der Waals surface area contributed by atoms with Gasteiger partial charge in [0.25, 0.3) is 5.91 Å². The van der Waals surface area contributed by atoms with Gasteiger partial charge in [-0.25, -0.2) is 4.79 Å². The first kappa shape index (κ1) is 14.8. The van der Waals surface area contributed by atoms with Crippen molar-refractivity contribution >= 4 is 11.9 Å². The normalized spacial score (nSPS) is 11.9. The lowest BCUT2D eigenvalue weighted by atomic mass is 10.1. The lowest BCUT2D eigenvalue weighted by Crippen LogP contribution is -2.40. The summed E-state index contributed by atoms with van der Waals surface area (Å²) >= 11 is 0. The number of carboxylic acids is 1. The quantitative estimate of drug-likeness (QED) is 0.757. The molecule has 0 bridgehead atoms. The zero-order valence-corrected chi connectivity index (χ0v) is 11.7. The smallest absolute Gasteiger partial charge is 0.326 e. The van der Waals surface area contributed by atoms with E-state index in [1.165, 1.54) is 0 Å². The van der Waals surface area contributed by atoms with E-state index in [1.54, 1.807) is 6.07 Å². The number of amides is 1.